The fourth-order valence-electron chi connectivity index (χ4n) is 2.26. The molecule has 0 radical (unpaired) electrons. The lowest BCUT2D eigenvalue weighted by molar-refractivity contribution is -0.00570. The standard InChI is InChI=1S/C16H28N2O/c1-3-16(19,4-2)14-18(12-8-11-17)13-15-9-6-5-7-10-15/h5-7,9-10,19H,3-4,8,11-14,17H2,1-2H3. The van der Waals surface area contributed by atoms with Crippen molar-refractivity contribution in [2.24, 2.45) is 5.73 Å². The summed E-state index contributed by atoms with van der Waals surface area (Å²) in [6.45, 7) is 7.33. The third-order valence-electron chi connectivity index (χ3n) is 3.76. The number of hydrogen-bond acceptors (Lipinski definition) is 3. The van der Waals surface area contributed by atoms with Crippen LogP contribution in [0.15, 0.2) is 30.3 Å². The summed E-state index contributed by atoms with van der Waals surface area (Å²) in [5.74, 6) is 0. The van der Waals surface area contributed by atoms with Gasteiger partial charge in [0, 0.05) is 13.1 Å². The van der Waals surface area contributed by atoms with Crippen LogP contribution in [0.1, 0.15) is 38.7 Å². The van der Waals surface area contributed by atoms with Crippen LogP contribution in [0.2, 0.25) is 0 Å². The lowest BCUT2D eigenvalue weighted by atomic mass is 9.96. The van der Waals surface area contributed by atoms with E-state index in [0.29, 0.717) is 6.54 Å². The zero-order chi connectivity index (χ0) is 14.1. The van der Waals surface area contributed by atoms with Crippen LogP contribution >= 0.6 is 0 Å². The van der Waals surface area contributed by atoms with E-state index in [0.717, 1.165) is 38.9 Å². The molecule has 0 fully saturated rings. The van der Waals surface area contributed by atoms with Gasteiger partial charge in [-0.25, -0.2) is 0 Å². The van der Waals surface area contributed by atoms with Crippen molar-refractivity contribution in [3.8, 4) is 0 Å². The van der Waals surface area contributed by atoms with E-state index in [4.69, 9.17) is 5.73 Å². The quantitative estimate of drug-likeness (QED) is 0.720. The Bertz CT molecular complexity index is 336. The molecule has 0 atom stereocenters. The molecule has 3 heteroatoms. The Morgan fingerprint density at radius 3 is 2.32 bits per heavy atom. The van der Waals surface area contributed by atoms with Crippen LogP contribution < -0.4 is 5.73 Å². The molecule has 3 nitrogen and oxygen atoms in total. The molecule has 0 saturated heterocycles. The number of nitrogens with two attached hydrogens (primary N) is 1. The second-order valence-corrected chi connectivity index (χ2v) is 5.27. The van der Waals surface area contributed by atoms with E-state index < -0.39 is 5.60 Å². The highest BCUT2D eigenvalue weighted by atomic mass is 16.3. The molecule has 0 aromatic heterocycles. The van der Waals surface area contributed by atoms with Gasteiger partial charge in [-0.2, -0.15) is 0 Å². The molecule has 0 amide bonds. The summed E-state index contributed by atoms with van der Waals surface area (Å²) in [5.41, 5.74) is 6.32. The Hall–Kier alpha value is -0.900. The smallest absolute Gasteiger partial charge is 0.0769 e. The zero-order valence-corrected chi connectivity index (χ0v) is 12.3. The number of nitrogens with zero attached hydrogens (tertiary/aromatic N) is 1. The normalized spacial score (nSPS) is 12.1. The van der Waals surface area contributed by atoms with Gasteiger partial charge in [0.05, 0.1) is 5.60 Å². The van der Waals surface area contributed by atoms with Gasteiger partial charge in [0.25, 0.3) is 0 Å². The summed E-state index contributed by atoms with van der Waals surface area (Å²) in [4.78, 5) is 2.31. The van der Waals surface area contributed by atoms with Crippen molar-refractivity contribution in [3.05, 3.63) is 35.9 Å². The minimum absolute atomic E-state index is 0.580. The van der Waals surface area contributed by atoms with Gasteiger partial charge >= 0.3 is 0 Å². The van der Waals surface area contributed by atoms with Crippen molar-refractivity contribution in [2.45, 2.75) is 45.3 Å². The molecule has 0 aliphatic heterocycles. The minimum atomic E-state index is -0.580. The molecule has 19 heavy (non-hydrogen) atoms. The van der Waals surface area contributed by atoms with Gasteiger partial charge in [0.15, 0.2) is 0 Å². The second kappa shape index (κ2) is 8.31. The maximum absolute atomic E-state index is 10.5. The molecule has 0 saturated carbocycles. The average Bonchev–Trinajstić information content (AvgIpc) is 2.45. The highest BCUT2D eigenvalue weighted by Crippen LogP contribution is 2.18. The van der Waals surface area contributed by atoms with Gasteiger partial charge in [0.1, 0.15) is 0 Å². The lowest BCUT2D eigenvalue weighted by Crippen LogP contribution is -2.42. The first-order chi connectivity index (χ1) is 9.13. The van der Waals surface area contributed by atoms with Crippen LogP contribution in [-0.2, 0) is 6.54 Å². The SMILES string of the molecule is CCC(O)(CC)CN(CCCN)Cc1ccccc1. The van der Waals surface area contributed by atoms with E-state index in [1.807, 2.05) is 19.9 Å². The Morgan fingerprint density at radius 2 is 1.79 bits per heavy atom. The van der Waals surface area contributed by atoms with E-state index in [1.54, 1.807) is 0 Å². The van der Waals surface area contributed by atoms with Crippen molar-refractivity contribution in [1.29, 1.82) is 0 Å². The molecule has 0 spiro atoms. The first-order valence-corrected chi connectivity index (χ1v) is 7.32. The van der Waals surface area contributed by atoms with Crippen molar-refractivity contribution in [1.82, 2.24) is 4.90 Å². The van der Waals surface area contributed by atoms with Gasteiger partial charge in [-0.15, -0.1) is 0 Å². The van der Waals surface area contributed by atoms with E-state index in [9.17, 15) is 5.11 Å². The number of rotatable bonds is 9. The molecule has 1 rings (SSSR count). The maximum atomic E-state index is 10.5. The highest BCUT2D eigenvalue weighted by Gasteiger charge is 2.25. The molecule has 108 valence electrons. The van der Waals surface area contributed by atoms with Gasteiger partial charge in [-0.1, -0.05) is 44.2 Å². The second-order valence-electron chi connectivity index (χ2n) is 5.27. The maximum Gasteiger partial charge on any atom is 0.0769 e. The molecular weight excluding hydrogens is 236 g/mol. The predicted octanol–water partition coefficient (Wildman–Crippen LogP) is 2.39. The predicted molar refractivity (Wildman–Crippen MR) is 80.9 cm³/mol. The third kappa shape index (κ3) is 5.72. The summed E-state index contributed by atoms with van der Waals surface area (Å²) in [7, 11) is 0. The number of benzene rings is 1. The van der Waals surface area contributed by atoms with Crippen LogP contribution in [0.3, 0.4) is 0 Å². The first-order valence-electron chi connectivity index (χ1n) is 7.32. The summed E-state index contributed by atoms with van der Waals surface area (Å²) >= 11 is 0. The van der Waals surface area contributed by atoms with Crippen LogP contribution in [0.5, 0.6) is 0 Å². The average molecular weight is 264 g/mol. The van der Waals surface area contributed by atoms with Gasteiger partial charge < -0.3 is 10.8 Å². The summed E-state index contributed by atoms with van der Waals surface area (Å²) in [5, 5.41) is 10.5. The molecule has 1 aromatic carbocycles. The molecule has 0 aliphatic rings. The minimum Gasteiger partial charge on any atom is -0.389 e. The summed E-state index contributed by atoms with van der Waals surface area (Å²) in [6, 6.07) is 10.4. The van der Waals surface area contributed by atoms with Crippen molar-refractivity contribution in [3.63, 3.8) is 0 Å². The lowest BCUT2D eigenvalue weighted by Gasteiger charge is -2.33. The van der Waals surface area contributed by atoms with Gasteiger partial charge in [-0.05, 0) is 37.9 Å². The van der Waals surface area contributed by atoms with Crippen molar-refractivity contribution in [2.75, 3.05) is 19.6 Å². The van der Waals surface area contributed by atoms with E-state index in [2.05, 4.69) is 29.2 Å². The fraction of sp³-hybridized carbons (Fsp3) is 0.625. The monoisotopic (exact) mass is 264 g/mol. The van der Waals surface area contributed by atoms with Gasteiger partial charge in [-0.3, -0.25) is 4.90 Å². The Kier molecular flexibility index (Phi) is 7.06. The molecule has 1 aromatic rings. The van der Waals surface area contributed by atoms with E-state index in [1.165, 1.54) is 5.56 Å². The Morgan fingerprint density at radius 1 is 1.16 bits per heavy atom. The van der Waals surface area contributed by atoms with Crippen molar-refractivity contribution >= 4 is 0 Å². The van der Waals surface area contributed by atoms with Crippen molar-refractivity contribution < 1.29 is 5.11 Å². The molecule has 0 heterocycles. The molecule has 3 N–H and O–H groups in total. The van der Waals surface area contributed by atoms with Crippen LogP contribution in [0, 0.1) is 0 Å². The van der Waals surface area contributed by atoms with Crippen LogP contribution in [0.25, 0.3) is 0 Å². The Balaban J connectivity index is 2.66. The largest absolute Gasteiger partial charge is 0.389 e. The van der Waals surface area contributed by atoms with Crippen LogP contribution in [-0.4, -0.2) is 35.2 Å². The molecular formula is C16H28N2O. The third-order valence-corrected chi connectivity index (χ3v) is 3.76. The molecule has 0 aliphatic carbocycles. The zero-order valence-electron chi connectivity index (χ0n) is 12.3. The topological polar surface area (TPSA) is 49.5 Å². The molecule has 0 bridgehead atoms. The fourth-order valence-corrected chi connectivity index (χ4v) is 2.26. The van der Waals surface area contributed by atoms with E-state index >= 15 is 0 Å². The number of hydrogen-bond donors (Lipinski definition) is 2. The van der Waals surface area contributed by atoms with Crippen LogP contribution in [0.4, 0.5) is 0 Å². The summed E-state index contributed by atoms with van der Waals surface area (Å²) in [6.07, 6.45) is 2.55. The first kappa shape index (κ1) is 16.2. The number of aliphatic hydroxyl groups is 1. The van der Waals surface area contributed by atoms with Gasteiger partial charge in [0.2, 0.25) is 0 Å². The van der Waals surface area contributed by atoms with E-state index in [-0.39, 0.29) is 0 Å². The molecule has 0 unspecified atom stereocenters. The highest BCUT2D eigenvalue weighted by molar-refractivity contribution is 5.14. The Labute approximate surface area is 117 Å². The summed E-state index contributed by atoms with van der Waals surface area (Å²) < 4.78 is 0.